The van der Waals surface area contributed by atoms with Crippen LogP contribution in [0.3, 0.4) is 0 Å². The van der Waals surface area contributed by atoms with E-state index >= 15 is 0 Å². The molecular formula is C21H23N5O4. The van der Waals surface area contributed by atoms with Crippen LogP contribution in [-0.2, 0) is 18.4 Å². The van der Waals surface area contributed by atoms with E-state index in [2.05, 4.69) is 15.2 Å². The highest BCUT2D eigenvalue weighted by Gasteiger charge is 2.31. The Morgan fingerprint density at radius 3 is 3.03 bits per heavy atom. The molecule has 156 valence electrons. The molecule has 2 aliphatic heterocycles. The molecule has 9 heteroatoms. The van der Waals surface area contributed by atoms with Gasteiger partial charge in [0, 0.05) is 30.9 Å². The Hall–Kier alpha value is -3.20. The Morgan fingerprint density at radius 2 is 2.17 bits per heavy atom. The summed E-state index contributed by atoms with van der Waals surface area (Å²) >= 11 is 0. The first kappa shape index (κ1) is 18.8. The average Bonchev–Trinajstić information content (AvgIpc) is 3.36. The molecule has 1 amide bonds. The van der Waals surface area contributed by atoms with Gasteiger partial charge < -0.3 is 18.9 Å². The quantitative estimate of drug-likeness (QED) is 0.656. The molecule has 0 bridgehead atoms. The number of carbonyl (C=O) groups is 1. The summed E-state index contributed by atoms with van der Waals surface area (Å²) in [6.45, 7) is 1.34. The van der Waals surface area contributed by atoms with Crippen LogP contribution < -0.4 is 4.74 Å². The number of hydrogen-bond donors (Lipinski definition) is 0. The monoisotopic (exact) mass is 409 g/mol. The van der Waals surface area contributed by atoms with Gasteiger partial charge in [0.2, 0.25) is 0 Å². The molecule has 1 fully saturated rings. The number of aryl methyl sites for hydroxylation is 1. The Bertz CT molecular complexity index is 1060. The lowest BCUT2D eigenvalue weighted by Gasteiger charge is -2.28. The lowest BCUT2D eigenvalue weighted by Crippen LogP contribution is -2.35. The van der Waals surface area contributed by atoms with Gasteiger partial charge in [-0.1, -0.05) is 18.0 Å². The molecule has 1 saturated heterocycles. The molecule has 2 aromatic heterocycles. The van der Waals surface area contributed by atoms with Gasteiger partial charge in [-0.25, -0.2) is 0 Å². The molecular weight excluding hydrogens is 386 g/mol. The van der Waals surface area contributed by atoms with E-state index in [-0.39, 0.29) is 18.7 Å². The van der Waals surface area contributed by atoms with Gasteiger partial charge in [0.05, 0.1) is 24.4 Å². The summed E-state index contributed by atoms with van der Waals surface area (Å²) in [5.41, 5.74) is 2.26. The number of amides is 1. The highest BCUT2D eigenvalue weighted by atomic mass is 16.7. The predicted octanol–water partition coefficient (Wildman–Crippen LogP) is 3.09. The Balaban J connectivity index is 1.44. The maximum Gasteiger partial charge on any atom is 0.261 e. The first-order valence-electron chi connectivity index (χ1n) is 10.2. The van der Waals surface area contributed by atoms with Gasteiger partial charge in [-0.3, -0.25) is 9.48 Å². The topological polar surface area (TPSA) is 95.5 Å². The van der Waals surface area contributed by atoms with Gasteiger partial charge >= 0.3 is 0 Å². The summed E-state index contributed by atoms with van der Waals surface area (Å²) in [5, 5.41) is 8.36. The van der Waals surface area contributed by atoms with Crippen LogP contribution in [0.4, 0.5) is 0 Å². The second-order valence-electron chi connectivity index (χ2n) is 7.66. The smallest absolute Gasteiger partial charge is 0.261 e. The number of carbonyl (C=O) groups excluding carboxylic acids is 1. The molecule has 0 unspecified atom stereocenters. The van der Waals surface area contributed by atoms with Crippen molar-refractivity contribution in [2.45, 2.75) is 38.3 Å². The summed E-state index contributed by atoms with van der Waals surface area (Å²) in [4.78, 5) is 19.9. The van der Waals surface area contributed by atoms with Gasteiger partial charge in [-0.2, -0.15) is 10.1 Å². The zero-order valence-electron chi connectivity index (χ0n) is 16.8. The van der Waals surface area contributed by atoms with Crippen molar-refractivity contribution in [2.75, 3.05) is 13.3 Å². The minimum absolute atomic E-state index is 0.0389. The average molecular weight is 409 g/mol. The van der Waals surface area contributed by atoms with Crippen LogP contribution in [0.1, 0.15) is 53.5 Å². The van der Waals surface area contributed by atoms with Crippen molar-refractivity contribution in [1.29, 1.82) is 0 Å². The van der Waals surface area contributed by atoms with E-state index in [1.54, 1.807) is 10.9 Å². The SMILES string of the molecule is Cn1cc(-c2nc([C@H]3CCCCCN3C(=O)c3ccc4c(c3)COCO4)no2)cn1. The lowest BCUT2D eigenvalue weighted by molar-refractivity contribution is -0.0164. The normalized spacial score (nSPS) is 19.1. The molecule has 3 aromatic rings. The van der Waals surface area contributed by atoms with Crippen molar-refractivity contribution >= 4 is 5.91 Å². The third kappa shape index (κ3) is 3.56. The zero-order valence-corrected chi connectivity index (χ0v) is 16.8. The minimum Gasteiger partial charge on any atom is -0.467 e. The van der Waals surface area contributed by atoms with E-state index in [4.69, 9.17) is 14.0 Å². The summed E-state index contributed by atoms with van der Waals surface area (Å²) in [7, 11) is 1.83. The lowest BCUT2D eigenvalue weighted by atomic mass is 10.1. The van der Waals surface area contributed by atoms with Crippen molar-refractivity contribution in [3.8, 4) is 17.2 Å². The van der Waals surface area contributed by atoms with Crippen molar-refractivity contribution in [2.24, 2.45) is 7.05 Å². The second kappa shape index (κ2) is 7.91. The van der Waals surface area contributed by atoms with Gasteiger partial charge in [0.15, 0.2) is 12.6 Å². The number of benzene rings is 1. The second-order valence-corrected chi connectivity index (χ2v) is 7.66. The Kier molecular flexibility index (Phi) is 4.96. The zero-order chi connectivity index (χ0) is 20.5. The molecule has 0 aliphatic carbocycles. The third-order valence-corrected chi connectivity index (χ3v) is 5.57. The van der Waals surface area contributed by atoms with Crippen LogP contribution in [0.5, 0.6) is 5.75 Å². The highest BCUT2D eigenvalue weighted by Crippen LogP contribution is 2.32. The van der Waals surface area contributed by atoms with Gasteiger partial charge in [-0.15, -0.1) is 0 Å². The number of fused-ring (bicyclic) bond motifs is 1. The summed E-state index contributed by atoms with van der Waals surface area (Å²) in [6, 6.07) is 5.28. The van der Waals surface area contributed by atoms with Crippen LogP contribution in [0.2, 0.25) is 0 Å². The molecule has 0 N–H and O–H groups in total. The summed E-state index contributed by atoms with van der Waals surface area (Å²) in [6.07, 6.45) is 7.34. The molecule has 9 nitrogen and oxygen atoms in total. The van der Waals surface area contributed by atoms with Crippen LogP contribution in [-0.4, -0.2) is 44.1 Å². The van der Waals surface area contributed by atoms with E-state index in [9.17, 15) is 4.79 Å². The number of hydrogen-bond acceptors (Lipinski definition) is 7. The van der Waals surface area contributed by atoms with Gasteiger partial charge in [0.1, 0.15) is 5.75 Å². The molecule has 30 heavy (non-hydrogen) atoms. The van der Waals surface area contributed by atoms with E-state index in [0.717, 1.165) is 42.6 Å². The van der Waals surface area contributed by atoms with E-state index in [1.807, 2.05) is 36.3 Å². The summed E-state index contributed by atoms with van der Waals surface area (Å²) in [5.74, 6) is 1.68. The molecule has 0 saturated carbocycles. The van der Waals surface area contributed by atoms with Gasteiger partial charge in [0.25, 0.3) is 11.8 Å². The number of ether oxygens (including phenoxy) is 2. The Morgan fingerprint density at radius 1 is 1.23 bits per heavy atom. The fourth-order valence-corrected chi connectivity index (χ4v) is 4.03. The minimum atomic E-state index is -0.224. The van der Waals surface area contributed by atoms with E-state index < -0.39 is 0 Å². The molecule has 0 spiro atoms. The first-order chi connectivity index (χ1) is 14.7. The van der Waals surface area contributed by atoms with Gasteiger partial charge in [-0.05, 0) is 31.0 Å². The largest absolute Gasteiger partial charge is 0.467 e. The highest BCUT2D eigenvalue weighted by molar-refractivity contribution is 5.95. The van der Waals surface area contributed by atoms with E-state index in [1.165, 1.54) is 0 Å². The first-order valence-corrected chi connectivity index (χ1v) is 10.2. The van der Waals surface area contributed by atoms with Crippen molar-refractivity contribution < 1.29 is 18.8 Å². The van der Waals surface area contributed by atoms with Crippen molar-refractivity contribution in [3.05, 3.63) is 47.5 Å². The fraction of sp³-hybridized carbons (Fsp3) is 0.429. The van der Waals surface area contributed by atoms with Crippen LogP contribution in [0.15, 0.2) is 35.1 Å². The molecule has 5 rings (SSSR count). The molecule has 1 atom stereocenters. The molecule has 4 heterocycles. The maximum absolute atomic E-state index is 13.4. The third-order valence-electron chi connectivity index (χ3n) is 5.57. The maximum atomic E-state index is 13.4. The number of likely N-dealkylation sites (tertiary alicyclic amines) is 1. The molecule has 0 radical (unpaired) electrons. The molecule has 1 aromatic carbocycles. The number of nitrogens with zero attached hydrogens (tertiary/aromatic N) is 5. The van der Waals surface area contributed by atoms with Crippen LogP contribution >= 0.6 is 0 Å². The predicted molar refractivity (Wildman–Crippen MR) is 105 cm³/mol. The standard InChI is InChI=1S/C21H23N5O4/c1-25-11-16(10-22-25)20-23-19(24-30-20)17-5-3-2-4-8-26(17)21(27)14-6-7-18-15(9-14)12-28-13-29-18/h6-7,9-11,17H,2-5,8,12-13H2,1H3/t17-/m1/s1. The number of aromatic nitrogens is 4. The van der Waals surface area contributed by atoms with Crippen molar-refractivity contribution in [1.82, 2.24) is 24.8 Å². The number of rotatable bonds is 3. The molecule has 2 aliphatic rings. The fourth-order valence-electron chi connectivity index (χ4n) is 4.03. The van der Waals surface area contributed by atoms with E-state index in [0.29, 0.717) is 30.4 Å². The summed E-state index contributed by atoms with van der Waals surface area (Å²) < 4.78 is 18.0. The van der Waals surface area contributed by atoms with Crippen molar-refractivity contribution in [3.63, 3.8) is 0 Å². The Labute approximate surface area is 173 Å². The van der Waals surface area contributed by atoms with Crippen LogP contribution in [0.25, 0.3) is 11.5 Å². The van der Waals surface area contributed by atoms with Crippen LogP contribution in [0, 0.1) is 0 Å².